The number of aliphatic hydroxyl groups is 1. The Labute approximate surface area is 195 Å². The fourth-order valence-electron chi connectivity index (χ4n) is 5.93. The van der Waals surface area contributed by atoms with E-state index >= 15 is 0 Å². The summed E-state index contributed by atoms with van der Waals surface area (Å²) in [6, 6.07) is 7.48. The molecule has 3 aliphatic heterocycles. The number of β-amino-alcohol motifs (C(OH)–C–C–N with tert-alkyl or cyclic N) is 1. The molecule has 3 N–H and O–H groups in total. The zero-order valence-corrected chi connectivity index (χ0v) is 19.5. The summed E-state index contributed by atoms with van der Waals surface area (Å²) in [6.45, 7) is 7.20. The number of pyridine rings is 1. The van der Waals surface area contributed by atoms with Crippen LogP contribution in [0.1, 0.15) is 54.0 Å². The Bertz CT molecular complexity index is 1160. The Morgan fingerprint density at radius 3 is 2.91 bits per heavy atom. The summed E-state index contributed by atoms with van der Waals surface area (Å²) in [5.41, 5.74) is 8.39. The van der Waals surface area contributed by atoms with Gasteiger partial charge in [0.1, 0.15) is 5.65 Å². The molecule has 0 spiro atoms. The molecular formula is C27H34N4O2. The van der Waals surface area contributed by atoms with Gasteiger partial charge in [-0.3, -0.25) is 4.90 Å². The molecule has 2 fully saturated rings. The molecule has 1 aromatic carbocycles. The van der Waals surface area contributed by atoms with E-state index in [0.717, 1.165) is 51.1 Å². The SMILES string of the molecule is Cc1c[nH]c2ncc(-c3cc4c(c([C@@H]5CCCN5)c3)CN(CC3(O)CCOCC3)CC4)cc12. The number of hydrogen-bond donors (Lipinski definition) is 3. The van der Waals surface area contributed by atoms with E-state index in [1.807, 2.05) is 12.4 Å². The minimum absolute atomic E-state index is 0.413. The van der Waals surface area contributed by atoms with Crippen LogP contribution in [0, 0.1) is 6.92 Å². The molecule has 0 unspecified atom stereocenters. The summed E-state index contributed by atoms with van der Waals surface area (Å²) in [7, 11) is 0. The molecule has 174 valence electrons. The Kier molecular flexibility index (Phi) is 5.49. The monoisotopic (exact) mass is 446 g/mol. The largest absolute Gasteiger partial charge is 0.388 e. The fraction of sp³-hybridized carbons (Fsp3) is 0.519. The van der Waals surface area contributed by atoms with Crippen LogP contribution in [-0.2, 0) is 17.7 Å². The van der Waals surface area contributed by atoms with Crippen molar-refractivity contribution in [1.82, 2.24) is 20.2 Å². The number of rotatable bonds is 4. The number of fused-ring (bicyclic) bond motifs is 2. The van der Waals surface area contributed by atoms with Gasteiger partial charge in [0.25, 0.3) is 0 Å². The van der Waals surface area contributed by atoms with Crippen molar-refractivity contribution in [3.05, 3.63) is 52.8 Å². The predicted molar refractivity (Wildman–Crippen MR) is 130 cm³/mol. The molecule has 0 bridgehead atoms. The lowest BCUT2D eigenvalue weighted by Crippen LogP contribution is -2.48. The molecule has 33 heavy (non-hydrogen) atoms. The second-order valence-corrected chi connectivity index (χ2v) is 10.2. The van der Waals surface area contributed by atoms with Gasteiger partial charge in [0, 0.05) is 75.1 Å². The van der Waals surface area contributed by atoms with E-state index in [1.165, 1.54) is 51.6 Å². The average molecular weight is 447 g/mol. The van der Waals surface area contributed by atoms with Crippen LogP contribution in [0.25, 0.3) is 22.2 Å². The van der Waals surface area contributed by atoms with Crippen LogP contribution in [0.2, 0.25) is 0 Å². The molecule has 3 aromatic rings. The number of H-pyrrole nitrogens is 1. The van der Waals surface area contributed by atoms with Gasteiger partial charge in [0.2, 0.25) is 0 Å². The lowest BCUT2D eigenvalue weighted by atomic mass is 9.86. The van der Waals surface area contributed by atoms with Gasteiger partial charge in [0.05, 0.1) is 5.60 Å². The third-order valence-electron chi connectivity index (χ3n) is 7.90. The fourth-order valence-corrected chi connectivity index (χ4v) is 5.93. The van der Waals surface area contributed by atoms with Crippen LogP contribution in [0.4, 0.5) is 0 Å². The summed E-state index contributed by atoms with van der Waals surface area (Å²) in [5.74, 6) is 0. The maximum atomic E-state index is 11.1. The lowest BCUT2D eigenvalue weighted by molar-refractivity contribution is -0.0815. The predicted octanol–water partition coefficient (Wildman–Crippen LogP) is 3.86. The zero-order chi connectivity index (χ0) is 22.4. The highest BCUT2D eigenvalue weighted by atomic mass is 16.5. The first-order chi connectivity index (χ1) is 16.1. The maximum absolute atomic E-state index is 11.1. The van der Waals surface area contributed by atoms with Gasteiger partial charge in [0.15, 0.2) is 0 Å². The molecule has 6 nitrogen and oxygen atoms in total. The third-order valence-corrected chi connectivity index (χ3v) is 7.90. The molecule has 3 aliphatic rings. The van der Waals surface area contributed by atoms with E-state index in [0.29, 0.717) is 19.3 Å². The zero-order valence-electron chi connectivity index (χ0n) is 19.5. The molecule has 6 heteroatoms. The third kappa shape index (κ3) is 4.10. The number of aromatic nitrogens is 2. The molecular weight excluding hydrogens is 412 g/mol. The highest BCUT2D eigenvalue weighted by Crippen LogP contribution is 2.37. The minimum atomic E-state index is -0.614. The number of aromatic amines is 1. The highest BCUT2D eigenvalue weighted by molar-refractivity contribution is 5.84. The van der Waals surface area contributed by atoms with Crippen LogP contribution in [-0.4, -0.2) is 58.4 Å². The van der Waals surface area contributed by atoms with Crippen molar-refractivity contribution in [3.8, 4) is 11.1 Å². The summed E-state index contributed by atoms with van der Waals surface area (Å²) >= 11 is 0. The Morgan fingerprint density at radius 2 is 2.09 bits per heavy atom. The summed E-state index contributed by atoms with van der Waals surface area (Å²) in [6.07, 6.45) is 8.94. The van der Waals surface area contributed by atoms with Crippen molar-refractivity contribution < 1.29 is 9.84 Å². The van der Waals surface area contributed by atoms with Crippen molar-refractivity contribution in [2.75, 3.05) is 32.8 Å². The number of benzene rings is 1. The molecule has 0 radical (unpaired) electrons. The first-order valence-corrected chi connectivity index (χ1v) is 12.4. The second-order valence-electron chi connectivity index (χ2n) is 10.2. The topological polar surface area (TPSA) is 73.4 Å². The molecule has 6 rings (SSSR count). The molecule has 0 aliphatic carbocycles. The molecule has 2 saturated heterocycles. The van der Waals surface area contributed by atoms with Gasteiger partial charge < -0.3 is 20.1 Å². The Hall–Kier alpha value is -2.25. The van der Waals surface area contributed by atoms with Gasteiger partial charge in [-0.05, 0) is 72.7 Å². The van der Waals surface area contributed by atoms with Crippen LogP contribution in [0.5, 0.6) is 0 Å². The van der Waals surface area contributed by atoms with E-state index in [4.69, 9.17) is 4.74 Å². The number of aryl methyl sites for hydroxylation is 1. The van der Waals surface area contributed by atoms with Crippen LogP contribution in [0.3, 0.4) is 0 Å². The Morgan fingerprint density at radius 1 is 1.21 bits per heavy atom. The Balaban J connectivity index is 1.35. The number of ether oxygens (including phenoxy) is 1. The first kappa shape index (κ1) is 21.3. The molecule has 0 saturated carbocycles. The van der Waals surface area contributed by atoms with Crippen molar-refractivity contribution in [2.45, 2.75) is 57.2 Å². The van der Waals surface area contributed by atoms with Crippen molar-refractivity contribution in [2.24, 2.45) is 0 Å². The van der Waals surface area contributed by atoms with Crippen LogP contribution < -0.4 is 5.32 Å². The minimum Gasteiger partial charge on any atom is -0.388 e. The van der Waals surface area contributed by atoms with E-state index in [1.54, 1.807) is 0 Å². The van der Waals surface area contributed by atoms with Crippen molar-refractivity contribution in [1.29, 1.82) is 0 Å². The number of nitrogens with one attached hydrogen (secondary N) is 2. The summed E-state index contributed by atoms with van der Waals surface area (Å²) in [5, 5.41) is 16.0. The maximum Gasteiger partial charge on any atom is 0.137 e. The summed E-state index contributed by atoms with van der Waals surface area (Å²) < 4.78 is 5.49. The standard InChI is InChI=1S/C27H34N4O2/c1-18-14-29-26-22(18)13-21(15-30-26)20-11-19-4-8-31(17-27(32)5-9-33-10-6-27)16-24(19)23(12-20)25-3-2-7-28-25/h11-15,25,28,32H,2-10,16-17H2,1H3,(H,29,30)/t25-/m0/s1. The average Bonchev–Trinajstić information content (AvgIpc) is 3.49. The second kappa shape index (κ2) is 8.51. The number of nitrogens with zero attached hydrogens (tertiary/aromatic N) is 2. The molecule has 5 heterocycles. The van der Waals surface area contributed by atoms with Gasteiger partial charge in [-0.1, -0.05) is 6.07 Å². The smallest absolute Gasteiger partial charge is 0.137 e. The van der Waals surface area contributed by atoms with Gasteiger partial charge in [-0.2, -0.15) is 0 Å². The first-order valence-electron chi connectivity index (χ1n) is 12.4. The van der Waals surface area contributed by atoms with Gasteiger partial charge in [-0.15, -0.1) is 0 Å². The van der Waals surface area contributed by atoms with Gasteiger partial charge in [-0.25, -0.2) is 4.98 Å². The van der Waals surface area contributed by atoms with E-state index in [-0.39, 0.29) is 0 Å². The van der Waals surface area contributed by atoms with Gasteiger partial charge >= 0.3 is 0 Å². The molecule has 1 atom stereocenters. The quantitative estimate of drug-likeness (QED) is 0.568. The number of hydrogen-bond acceptors (Lipinski definition) is 5. The normalized spacial score (nSPS) is 23.2. The van der Waals surface area contributed by atoms with Crippen LogP contribution in [0.15, 0.2) is 30.6 Å². The van der Waals surface area contributed by atoms with Crippen molar-refractivity contribution >= 4 is 11.0 Å². The summed E-state index contributed by atoms with van der Waals surface area (Å²) in [4.78, 5) is 10.4. The lowest BCUT2D eigenvalue weighted by Gasteiger charge is -2.39. The van der Waals surface area contributed by atoms with E-state index in [9.17, 15) is 5.11 Å². The van der Waals surface area contributed by atoms with Crippen molar-refractivity contribution in [3.63, 3.8) is 0 Å². The molecule has 2 aromatic heterocycles. The molecule has 0 amide bonds. The van der Waals surface area contributed by atoms with Crippen LogP contribution >= 0.6 is 0 Å². The van der Waals surface area contributed by atoms with E-state index in [2.05, 4.69) is 45.3 Å². The van der Waals surface area contributed by atoms with E-state index < -0.39 is 5.60 Å². The highest BCUT2D eigenvalue weighted by Gasteiger charge is 2.34.